The molecule has 1 N–H and O–H groups in total. The second-order valence-corrected chi connectivity index (χ2v) is 7.58. The van der Waals surface area contributed by atoms with Gasteiger partial charge < -0.3 is 10.1 Å². The fourth-order valence-electron chi connectivity index (χ4n) is 3.31. The van der Waals surface area contributed by atoms with Gasteiger partial charge in [-0.2, -0.15) is 4.80 Å². The summed E-state index contributed by atoms with van der Waals surface area (Å²) in [6.07, 6.45) is 0. The Morgan fingerprint density at radius 2 is 1.88 bits per heavy atom. The summed E-state index contributed by atoms with van der Waals surface area (Å²) >= 11 is 0. The number of carbonyl (C=O) groups is 1. The van der Waals surface area contributed by atoms with Crippen molar-refractivity contribution in [2.45, 2.75) is 19.4 Å². The van der Waals surface area contributed by atoms with Crippen LogP contribution in [-0.4, -0.2) is 33.3 Å². The zero-order valence-corrected chi connectivity index (χ0v) is 18.3. The molecule has 0 fully saturated rings. The Morgan fingerprint density at radius 3 is 2.62 bits per heavy atom. The molecule has 0 aliphatic rings. The van der Waals surface area contributed by atoms with E-state index in [0.717, 1.165) is 6.92 Å². The number of hydrogen-bond acceptors (Lipinski definition) is 6. The first kappa shape index (κ1) is 23.0. The van der Waals surface area contributed by atoms with Crippen molar-refractivity contribution in [1.29, 1.82) is 0 Å². The zero-order chi connectivity index (χ0) is 24.3. The molecule has 174 valence electrons. The van der Waals surface area contributed by atoms with E-state index in [1.807, 2.05) is 0 Å². The lowest BCUT2D eigenvalue weighted by atomic mass is 10.1. The lowest BCUT2D eigenvalue weighted by molar-refractivity contribution is 0.0175. The van der Waals surface area contributed by atoms with Crippen molar-refractivity contribution in [1.82, 2.24) is 20.2 Å². The molecule has 0 aliphatic heterocycles. The lowest BCUT2D eigenvalue weighted by Crippen LogP contribution is -2.07. The first-order valence-electron chi connectivity index (χ1n) is 10.2. The van der Waals surface area contributed by atoms with Crippen molar-refractivity contribution < 1.29 is 22.7 Å². The van der Waals surface area contributed by atoms with Crippen LogP contribution in [0, 0.1) is 5.82 Å². The van der Waals surface area contributed by atoms with Gasteiger partial charge in [-0.05, 0) is 41.6 Å². The molecule has 0 radical (unpaired) electrons. The van der Waals surface area contributed by atoms with Crippen molar-refractivity contribution in [3.63, 3.8) is 0 Å². The van der Waals surface area contributed by atoms with Gasteiger partial charge in [-0.25, -0.2) is 18.0 Å². The largest absolute Gasteiger partial charge is 0.465 e. The number of nitrogens with one attached hydrogen (secondary N) is 1. The number of esters is 1. The number of carbonyl (C=O) groups excluding carboxylic acids is 1. The van der Waals surface area contributed by atoms with Crippen LogP contribution in [0.25, 0.3) is 11.4 Å². The van der Waals surface area contributed by atoms with E-state index < -0.39 is 17.7 Å². The molecule has 0 saturated heterocycles. The number of anilines is 2. The summed E-state index contributed by atoms with van der Waals surface area (Å²) in [6, 6.07) is 16.7. The molecule has 0 spiro atoms. The SMILES string of the molecule is COC(=O)c1ccc(Nc2cccc(C(C)(F)F)c2)c(-c2nnn(Cc3ccccc3F)n2)c1. The van der Waals surface area contributed by atoms with E-state index in [-0.39, 0.29) is 23.5 Å². The maximum absolute atomic E-state index is 14.0. The fourth-order valence-corrected chi connectivity index (χ4v) is 3.31. The zero-order valence-electron chi connectivity index (χ0n) is 18.3. The Balaban J connectivity index is 1.70. The third-order valence-corrected chi connectivity index (χ3v) is 5.05. The average molecular weight is 467 g/mol. The Bertz CT molecular complexity index is 1330. The molecule has 7 nitrogen and oxygen atoms in total. The maximum Gasteiger partial charge on any atom is 0.337 e. The van der Waals surface area contributed by atoms with Gasteiger partial charge >= 0.3 is 5.97 Å². The van der Waals surface area contributed by atoms with Gasteiger partial charge in [0.25, 0.3) is 5.92 Å². The number of halogens is 3. The van der Waals surface area contributed by atoms with Gasteiger partial charge in [0.1, 0.15) is 5.82 Å². The van der Waals surface area contributed by atoms with Crippen LogP contribution in [0.5, 0.6) is 0 Å². The average Bonchev–Trinajstić information content (AvgIpc) is 3.28. The van der Waals surface area contributed by atoms with Crippen LogP contribution in [0.4, 0.5) is 24.5 Å². The standard InChI is InChI=1S/C24H20F3N5O2/c1-24(26,27)17-7-5-8-18(13-17)28-21-11-10-15(23(33)34-2)12-19(21)22-29-31-32(30-22)14-16-6-3-4-9-20(16)25/h3-13,28H,14H2,1-2H3. The number of rotatable bonds is 7. The topological polar surface area (TPSA) is 81.9 Å². The number of tetrazole rings is 1. The number of alkyl halides is 2. The Hall–Kier alpha value is -4.21. The van der Waals surface area contributed by atoms with E-state index in [9.17, 15) is 18.0 Å². The number of methoxy groups -OCH3 is 1. The molecule has 1 heterocycles. The minimum atomic E-state index is -3.01. The summed E-state index contributed by atoms with van der Waals surface area (Å²) in [5.41, 5.74) is 1.71. The predicted molar refractivity (Wildman–Crippen MR) is 119 cm³/mol. The number of benzene rings is 3. The number of hydrogen-bond donors (Lipinski definition) is 1. The van der Waals surface area contributed by atoms with Crippen molar-refractivity contribution in [2.75, 3.05) is 12.4 Å². The normalized spacial score (nSPS) is 11.3. The minimum Gasteiger partial charge on any atom is -0.465 e. The van der Waals surface area contributed by atoms with E-state index in [1.165, 1.54) is 48.3 Å². The molecular weight excluding hydrogens is 447 g/mol. The van der Waals surface area contributed by atoms with Crippen molar-refractivity contribution in [2.24, 2.45) is 0 Å². The minimum absolute atomic E-state index is 0.0484. The molecule has 0 bridgehead atoms. The van der Waals surface area contributed by atoms with Gasteiger partial charge in [-0.3, -0.25) is 0 Å². The third-order valence-electron chi connectivity index (χ3n) is 5.05. The first-order chi connectivity index (χ1) is 16.2. The van der Waals surface area contributed by atoms with Crippen LogP contribution in [0.1, 0.15) is 28.4 Å². The smallest absolute Gasteiger partial charge is 0.337 e. The molecule has 0 saturated carbocycles. The monoisotopic (exact) mass is 467 g/mol. The maximum atomic E-state index is 14.0. The van der Waals surface area contributed by atoms with Crippen LogP contribution >= 0.6 is 0 Å². The highest BCUT2D eigenvalue weighted by molar-refractivity contribution is 5.93. The molecule has 34 heavy (non-hydrogen) atoms. The van der Waals surface area contributed by atoms with E-state index in [4.69, 9.17) is 4.74 Å². The van der Waals surface area contributed by atoms with Gasteiger partial charge in [0.05, 0.1) is 19.2 Å². The third kappa shape index (κ3) is 5.06. The number of nitrogens with zero attached hydrogens (tertiary/aromatic N) is 4. The molecule has 4 aromatic rings. The van der Waals surface area contributed by atoms with E-state index >= 15 is 0 Å². The molecule has 1 aromatic heterocycles. The van der Waals surface area contributed by atoms with Gasteiger partial charge in [-0.1, -0.05) is 30.3 Å². The van der Waals surface area contributed by atoms with Gasteiger partial charge in [-0.15, -0.1) is 10.2 Å². The summed E-state index contributed by atoms with van der Waals surface area (Å²) < 4.78 is 46.3. The number of aromatic nitrogens is 4. The van der Waals surface area contributed by atoms with Crippen molar-refractivity contribution >= 4 is 17.3 Å². The van der Waals surface area contributed by atoms with E-state index in [1.54, 1.807) is 30.3 Å². The van der Waals surface area contributed by atoms with E-state index in [0.29, 0.717) is 22.5 Å². The van der Waals surface area contributed by atoms with Gasteiger partial charge in [0.2, 0.25) is 5.82 Å². The summed E-state index contributed by atoms with van der Waals surface area (Å²) in [6.45, 7) is 0.868. The molecule has 10 heteroatoms. The van der Waals surface area contributed by atoms with Gasteiger partial charge in [0.15, 0.2) is 0 Å². The second kappa shape index (κ2) is 9.34. The fraction of sp³-hybridized carbons (Fsp3) is 0.167. The van der Waals surface area contributed by atoms with Crippen molar-refractivity contribution in [3.05, 3.63) is 89.2 Å². The van der Waals surface area contributed by atoms with Crippen LogP contribution in [-0.2, 0) is 17.2 Å². The highest BCUT2D eigenvalue weighted by atomic mass is 19.3. The van der Waals surface area contributed by atoms with E-state index in [2.05, 4.69) is 20.7 Å². The van der Waals surface area contributed by atoms with Crippen molar-refractivity contribution in [3.8, 4) is 11.4 Å². The molecule has 0 aliphatic carbocycles. The van der Waals surface area contributed by atoms with Gasteiger partial charge in [0, 0.05) is 35.0 Å². The molecule has 0 atom stereocenters. The Kier molecular flexibility index (Phi) is 6.31. The second-order valence-electron chi connectivity index (χ2n) is 7.58. The van der Waals surface area contributed by atoms with Crippen LogP contribution < -0.4 is 5.32 Å². The lowest BCUT2D eigenvalue weighted by Gasteiger charge is -2.15. The molecule has 0 unspecified atom stereocenters. The molecular formula is C24H20F3N5O2. The van der Waals surface area contributed by atoms with Crippen LogP contribution in [0.2, 0.25) is 0 Å². The van der Waals surface area contributed by atoms with Crippen LogP contribution in [0.3, 0.4) is 0 Å². The first-order valence-corrected chi connectivity index (χ1v) is 10.2. The molecule has 4 rings (SSSR count). The molecule has 0 amide bonds. The quantitative estimate of drug-likeness (QED) is 0.378. The Labute approximate surface area is 193 Å². The summed E-state index contributed by atoms with van der Waals surface area (Å²) in [5, 5.41) is 15.4. The Morgan fingerprint density at radius 1 is 1.09 bits per heavy atom. The predicted octanol–water partition coefficient (Wildman–Crippen LogP) is 5.17. The highest BCUT2D eigenvalue weighted by Crippen LogP contribution is 2.32. The van der Waals surface area contributed by atoms with Crippen LogP contribution in [0.15, 0.2) is 66.7 Å². The highest BCUT2D eigenvalue weighted by Gasteiger charge is 2.24. The summed E-state index contributed by atoms with van der Waals surface area (Å²) in [4.78, 5) is 13.3. The summed E-state index contributed by atoms with van der Waals surface area (Å²) in [7, 11) is 1.26. The number of ether oxygens (including phenoxy) is 1. The summed E-state index contributed by atoms with van der Waals surface area (Å²) in [5.74, 6) is -3.82. The molecule has 3 aromatic carbocycles.